The summed E-state index contributed by atoms with van der Waals surface area (Å²) in [7, 11) is 0. The summed E-state index contributed by atoms with van der Waals surface area (Å²) < 4.78 is 5.91. The molecule has 0 spiro atoms. The minimum Gasteiger partial charge on any atom is -0.441 e. The smallest absolute Gasteiger partial charge is 0.251 e. The van der Waals surface area contributed by atoms with Crippen molar-refractivity contribution in [2.45, 2.75) is 37.3 Å². The van der Waals surface area contributed by atoms with Gasteiger partial charge in [0.15, 0.2) is 0 Å². The van der Waals surface area contributed by atoms with E-state index in [0.717, 1.165) is 35.6 Å². The molecule has 1 aromatic heterocycles. The molecule has 1 N–H and O–H groups in total. The predicted octanol–water partition coefficient (Wildman–Crippen LogP) is 6.61. The molecule has 0 aliphatic carbocycles. The van der Waals surface area contributed by atoms with E-state index in [1.54, 1.807) is 11.8 Å². The number of hydrogen-bond donors (Lipinski definition) is 1. The van der Waals surface area contributed by atoms with Gasteiger partial charge in [-0.15, -0.1) is 11.8 Å². The lowest BCUT2D eigenvalue weighted by Gasteiger charge is -2.06. The third kappa shape index (κ3) is 6.36. The highest BCUT2D eigenvalue weighted by molar-refractivity contribution is 7.98. The molecule has 0 bridgehead atoms. The monoisotopic (exact) mass is 456 g/mol. The second kappa shape index (κ2) is 11.0. The van der Waals surface area contributed by atoms with Crippen molar-refractivity contribution >= 4 is 17.7 Å². The van der Waals surface area contributed by atoms with Crippen molar-refractivity contribution in [3.63, 3.8) is 0 Å². The van der Waals surface area contributed by atoms with Gasteiger partial charge in [-0.2, -0.15) is 0 Å². The zero-order chi connectivity index (χ0) is 23.0. The summed E-state index contributed by atoms with van der Waals surface area (Å²) in [5.41, 5.74) is 4.98. The van der Waals surface area contributed by atoms with E-state index in [1.165, 1.54) is 16.0 Å². The van der Waals surface area contributed by atoms with Crippen molar-refractivity contribution in [2.75, 3.05) is 6.54 Å². The molecule has 0 fully saturated rings. The maximum absolute atomic E-state index is 12.5. The van der Waals surface area contributed by atoms with Crippen LogP contribution >= 0.6 is 11.8 Å². The second-order valence-corrected chi connectivity index (χ2v) is 9.09. The van der Waals surface area contributed by atoms with Crippen molar-refractivity contribution < 1.29 is 9.21 Å². The minimum absolute atomic E-state index is 0.0617. The number of thioether (sulfide) groups is 1. The normalized spacial score (nSPS) is 10.8. The first kappa shape index (κ1) is 22.9. The summed E-state index contributed by atoms with van der Waals surface area (Å²) in [5.74, 6) is 2.10. The van der Waals surface area contributed by atoms with Crippen LogP contribution in [0.3, 0.4) is 0 Å². The molecule has 33 heavy (non-hydrogen) atoms. The Morgan fingerprint density at radius 3 is 2.39 bits per heavy atom. The Morgan fingerprint density at radius 1 is 0.939 bits per heavy atom. The van der Waals surface area contributed by atoms with Crippen molar-refractivity contribution in [1.29, 1.82) is 0 Å². The van der Waals surface area contributed by atoms with Gasteiger partial charge in [0.2, 0.25) is 5.89 Å². The SMILES string of the molecule is Cc1ccc(SCc2nc(-c3ccc(C(=O)NCCCc4ccccc4)cc3)oc2C)cc1. The number of nitrogens with zero attached hydrogens (tertiary/aromatic N) is 1. The van der Waals surface area contributed by atoms with Crippen LogP contribution in [0.5, 0.6) is 0 Å². The van der Waals surface area contributed by atoms with Gasteiger partial charge in [-0.1, -0.05) is 48.0 Å². The molecule has 168 valence electrons. The summed E-state index contributed by atoms with van der Waals surface area (Å²) in [6, 6.07) is 26.2. The topological polar surface area (TPSA) is 55.1 Å². The molecule has 1 amide bonds. The molecule has 4 aromatic rings. The Labute approximate surface area is 199 Å². The van der Waals surface area contributed by atoms with Crippen LogP contribution in [0.1, 0.15) is 39.4 Å². The van der Waals surface area contributed by atoms with Crippen LogP contribution in [0.4, 0.5) is 0 Å². The molecule has 4 nitrogen and oxygen atoms in total. The van der Waals surface area contributed by atoms with Gasteiger partial charge < -0.3 is 9.73 Å². The molecule has 1 heterocycles. The second-order valence-electron chi connectivity index (χ2n) is 8.05. The zero-order valence-electron chi connectivity index (χ0n) is 19.0. The van der Waals surface area contributed by atoms with E-state index in [2.05, 4.69) is 53.6 Å². The number of hydrogen-bond acceptors (Lipinski definition) is 4. The van der Waals surface area contributed by atoms with Gasteiger partial charge >= 0.3 is 0 Å². The summed E-state index contributed by atoms with van der Waals surface area (Å²) >= 11 is 1.74. The lowest BCUT2D eigenvalue weighted by atomic mass is 10.1. The molecule has 0 saturated carbocycles. The van der Waals surface area contributed by atoms with E-state index in [9.17, 15) is 4.79 Å². The van der Waals surface area contributed by atoms with Gasteiger partial charge in [0, 0.05) is 28.3 Å². The lowest BCUT2D eigenvalue weighted by Crippen LogP contribution is -2.24. The molecule has 4 rings (SSSR count). The number of nitrogens with one attached hydrogen (secondary N) is 1. The number of carbonyl (C=O) groups excluding carboxylic acids is 1. The molecule has 0 radical (unpaired) electrons. The highest BCUT2D eigenvalue weighted by Gasteiger charge is 2.13. The van der Waals surface area contributed by atoms with E-state index in [-0.39, 0.29) is 5.91 Å². The molecule has 0 atom stereocenters. The number of amides is 1. The standard InChI is InChI=1S/C28H28N2O2S/c1-20-10-16-25(17-11-20)33-19-26-21(2)32-28(30-26)24-14-12-23(13-15-24)27(31)29-18-6-9-22-7-4-3-5-8-22/h3-5,7-8,10-17H,6,9,18-19H2,1-2H3,(H,29,31). The first-order chi connectivity index (χ1) is 16.1. The van der Waals surface area contributed by atoms with Crippen molar-refractivity contribution in [3.8, 4) is 11.5 Å². The van der Waals surface area contributed by atoms with Crippen LogP contribution in [0.2, 0.25) is 0 Å². The minimum atomic E-state index is -0.0617. The van der Waals surface area contributed by atoms with Crippen LogP contribution in [0.25, 0.3) is 11.5 Å². The average Bonchev–Trinajstić information content (AvgIpc) is 3.22. The molecule has 3 aromatic carbocycles. The zero-order valence-corrected chi connectivity index (χ0v) is 19.8. The summed E-state index contributed by atoms with van der Waals surface area (Å²) in [4.78, 5) is 18.4. The summed E-state index contributed by atoms with van der Waals surface area (Å²) in [5, 5.41) is 3.00. The van der Waals surface area contributed by atoms with Crippen LogP contribution in [0, 0.1) is 13.8 Å². The average molecular weight is 457 g/mol. The number of aryl methyl sites for hydroxylation is 3. The predicted molar refractivity (Wildman–Crippen MR) is 135 cm³/mol. The number of benzene rings is 3. The van der Waals surface area contributed by atoms with Crippen LogP contribution in [-0.4, -0.2) is 17.4 Å². The molecule has 0 unspecified atom stereocenters. The maximum Gasteiger partial charge on any atom is 0.251 e. The highest BCUT2D eigenvalue weighted by Crippen LogP contribution is 2.28. The quantitative estimate of drug-likeness (QED) is 0.227. The van der Waals surface area contributed by atoms with Gasteiger partial charge in [-0.3, -0.25) is 4.79 Å². The van der Waals surface area contributed by atoms with Gasteiger partial charge in [-0.25, -0.2) is 4.98 Å². The summed E-state index contributed by atoms with van der Waals surface area (Å²) in [6.45, 7) is 4.68. The van der Waals surface area contributed by atoms with E-state index < -0.39 is 0 Å². The Morgan fingerprint density at radius 2 is 1.67 bits per heavy atom. The fourth-order valence-electron chi connectivity index (χ4n) is 3.48. The van der Waals surface area contributed by atoms with Gasteiger partial charge in [0.05, 0.1) is 5.69 Å². The van der Waals surface area contributed by atoms with Crippen molar-refractivity contribution in [3.05, 3.63) is 107 Å². The highest BCUT2D eigenvalue weighted by atomic mass is 32.2. The van der Waals surface area contributed by atoms with Crippen molar-refractivity contribution in [2.24, 2.45) is 0 Å². The van der Waals surface area contributed by atoms with E-state index in [4.69, 9.17) is 4.42 Å². The number of rotatable bonds is 9. The van der Waals surface area contributed by atoms with Gasteiger partial charge in [0.25, 0.3) is 5.91 Å². The van der Waals surface area contributed by atoms with Gasteiger partial charge in [0.1, 0.15) is 5.76 Å². The van der Waals surface area contributed by atoms with Gasteiger partial charge in [-0.05, 0) is 68.7 Å². The Bertz CT molecular complexity index is 1180. The van der Waals surface area contributed by atoms with Crippen LogP contribution in [0.15, 0.2) is 88.2 Å². The van der Waals surface area contributed by atoms with Crippen molar-refractivity contribution in [1.82, 2.24) is 10.3 Å². The number of oxazole rings is 1. The molecular weight excluding hydrogens is 428 g/mol. The molecular formula is C28H28N2O2S. The Kier molecular flexibility index (Phi) is 7.63. The third-order valence-corrected chi connectivity index (χ3v) is 6.48. The molecule has 0 saturated heterocycles. The molecule has 0 aliphatic rings. The number of aromatic nitrogens is 1. The fourth-order valence-corrected chi connectivity index (χ4v) is 4.38. The van der Waals surface area contributed by atoms with E-state index in [1.807, 2.05) is 49.4 Å². The number of carbonyl (C=O) groups is 1. The Balaban J connectivity index is 1.30. The van der Waals surface area contributed by atoms with Crippen LogP contribution < -0.4 is 5.32 Å². The first-order valence-electron chi connectivity index (χ1n) is 11.2. The largest absolute Gasteiger partial charge is 0.441 e. The molecule has 0 aliphatic heterocycles. The third-order valence-electron chi connectivity index (χ3n) is 5.45. The van der Waals surface area contributed by atoms with E-state index in [0.29, 0.717) is 18.0 Å². The summed E-state index contributed by atoms with van der Waals surface area (Å²) in [6.07, 6.45) is 1.86. The fraction of sp³-hybridized carbons (Fsp3) is 0.214. The Hall–Kier alpha value is -3.31. The molecule has 5 heteroatoms. The first-order valence-corrected chi connectivity index (χ1v) is 12.2. The maximum atomic E-state index is 12.5. The lowest BCUT2D eigenvalue weighted by molar-refractivity contribution is 0.0953. The van der Waals surface area contributed by atoms with Crippen LogP contribution in [-0.2, 0) is 12.2 Å². The van der Waals surface area contributed by atoms with E-state index >= 15 is 0 Å².